The van der Waals surface area contributed by atoms with E-state index in [1.165, 1.54) is 6.07 Å². The van der Waals surface area contributed by atoms with Crippen LogP contribution in [0.4, 0.5) is 13.2 Å². The van der Waals surface area contributed by atoms with Crippen LogP contribution in [-0.2, 0) is 0 Å². The van der Waals surface area contributed by atoms with Gasteiger partial charge in [-0.15, -0.1) is 0 Å². The van der Waals surface area contributed by atoms with Crippen molar-refractivity contribution in [2.24, 2.45) is 0 Å². The first-order valence-corrected chi connectivity index (χ1v) is 3.78. The van der Waals surface area contributed by atoms with E-state index in [0.29, 0.717) is 0 Å². The van der Waals surface area contributed by atoms with E-state index in [1.54, 1.807) is 0 Å². The fraction of sp³-hybridized carbons (Fsp3) is 0.250. The van der Waals surface area contributed by atoms with E-state index in [4.69, 9.17) is 5.11 Å². The number of nitrogens with zero attached hydrogens (tertiary/aromatic N) is 1. The van der Waals surface area contributed by atoms with Gasteiger partial charge in [0.1, 0.15) is 5.56 Å². The van der Waals surface area contributed by atoms with Gasteiger partial charge in [0, 0.05) is 6.20 Å². The average molecular weight is 221 g/mol. The van der Waals surface area contributed by atoms with Gasteiger partial charge in [0.15, 0.2) is 6.61 Å². The summed E-state index contributed by atoms with van der Waals surface area (Å²) < 4.78 is 39.6. The Bertz CT molecular complexity index is 364. The van der Waals surface area contributed by atoms with Crippen molar-refractivity contribution >= 4 is 5.97 Å². The minimum absolute atomic E-state index is 0.401. The summed E-state index contributed by atoms with van der Waals surface area (Å²) in [5, 5.41) is 8.59. The Kier molecular flexibility index (Phi) is 3.13. The molecule has 82 valence electrons. The third-order valence-corrected chi connectivity index (χ3v) is 1.37. The Labute approximate surface area is 82.3 Å². The monoisotopic (exact) mass is 221 g/mol. The Morgan fingerprint density at radius 3 is 2.73 bits per heavy atom. The Morgan fingerprint density at radius 1 is 1.53 bits per heavy atom. The number of hydrogen-bond acceptors (Lipinski definition) is 3. The number of rotatable bonds is 3. The summed E-state index contributed by atoms with van der Waals surface area (Å²) in [6.07, 6.45) is -3.37. The molecule has 1 heterocycles. The highest BCUT2D eigenvalue weighted by Crippen LogP contribution is 2.19. The van der Waals surface area contributed by atoms with Crippen LogP contribution in [0.1, 0.15) is 10.4 Å². The largest absolute Gasteiger partial charge is 0.477 e. The van der Waals surface area contributed by atoms with Crippen LogP contribution in [0.3, 0.4) is 0 Å². The predicted molar refractivity (Wildman–Crippen MR) is 42.7 cm³/mol. The SMILES string of the molecule is O=C(O)c1cccnc1OCC(F)(F)F. The van der Waals surface area contributed by atoms with E-state index >= 15 is 0 Å². The second-order valence-corrected chi connectivity index (χ2v) is 2.57. The molecule has 0 bridgehead atoms. The molecule has 0 aliphatic carbocycles. The van der Waals surface area contributed by atoms with Gasteiger partial charge in [-0.3, -0.25) is 0 Å². The van der Waals surface area contributed by atoms with Gasteiger partial charge < -0.3 is 9.84 Å². The van der Waals surface area contributed by atoms with Crippen LogP contribution < -0.4 is 4.74 Å². The molecule has 0 amide bonds. The lowest BCUT2D eigenvalue weighted by Gasteiger charge is -2.09. The van der Waals surface area contributed by atoms with Crippen LogP contribution in [0.15, 0.2) is 18.3 Å². The molecule has 4 nitrogen and oxygen atoms in total. The number of carbonyl (C=O) groups is 1. The first kappa shape index (κ1) is 11.3. The quantitative estimate of drug-likeness (QED) is 0.844. The van der Waals surface area contributed by atoms with Gasteiger partial charge in [-0.05, 0) is 12.1 Å². The molecule has 1 aromatic heterocycles. The fourth-order valence-electron chi connectivity index (χ4n) is 0.819. The lowest BCUT2D eigenvalue weighted by atomic mass is 10.3. The minimum Gasteiger partial charge on any atom is -0.477 e. The highest BCUT2D eigenvalue weighted by Gasteiger charge is 2.29. The van der Waals surface area contributed by atoms with Gasteiger partial charge in [-0.1, -0.05) is 0 Å². The first-order valence-electron chi connectivity index (χ1n) is 3.78. The van der Waals surface area contributed by atoms with Gasteiger partial charge in [-0.25, -0.2) is 9.78 Å². The van der Waals surface area contributed by atoms with E-state index in [1.807, 2.05) is 0 Å². The highest BCUT2D eigenvalue weighted by atomic mass is 19.4. The molecule has 0 spiro atoms. The number of alkyl halides is 3. The molecule has 0 radical (unpaired) electrons. The maximum absolute atomic E-state index is 11.8. The molecule has 1 rings (SSSR count). The van der Waals surface area contributed by atoms with Crippen LogP contribution in [0.2, 0.25) is 0 Å². The standard InChI is InChI=1S/C8H6F3NO3/c9-8(10,11)4-15-6-5(7(13)14)2-1-3-12-6/h1-3H,4H2,(H,13,14). The molecule has 0 aliphatic rings. The van der Waals surface area contributed by atoms with Crippen molar-refractivity contribution in [1.82, 2.24) is 4.98 Å². The van der Waals surface area contributed by atoms with Crippen molar-refractivity contribution in [3.63, 3.8) is 0 Å². The van der Waals surface area contributed by atoms with Crippen molar-refractivity contribution < 1.29 is 27.8 Å². The van der Waals surface area contributed by atoms with E-state index < -0.39 is 30.2 Å². The van der Waals surface area contributed by atoms with Crippen LogP contribution in [0.5, 0.6) is 5.88 Å². The molecule has 15 heavy (non-hydrogen) atoms. The molecular formula is C8H6F3NO3. The van der Waals surface area contributed by atoms with Gasteiger partial charge >= 0.3 is 12.1 Å². The molecular weight excluding hydrogens is 215 g/mol. The zero-order valence-electron chi connectivity index (χ0n) is 7.28. The smallest absolute Gasteiger partial charge is 0.422 e. The lowest BCUT2D eigenvalue weighted by molar-refractivity contribution is -0.154. The number of pyridine rings is 1. The number of hydrogen-bond donors (Lipinski definition) is 1. The number of ether oxygens (including phenoxy) is 1. The molecule has 0 saturated carbocycles. The van der Waals surface area contributed by atoms with Gasteiger partial charge in [0.25, 0.3) is 0 Å². The number of aromatic nitrogens is 1. The summed E-state index contributed by atoms with van der Waals surface area (Å²) >= 11 is 0. The van der Waals surface area contributed by atoms with Crippen molar-refractivity contribution in [1.29, 1.82) is 0 Å². The third-order valence-electron chi connectivity index (χ3n) is 1.37. The van der Waals surface area contributed by atoms with Crippen LogP contribution in [0.25, 0.3) is 0 Å². The molecule has 0 aliphatic heterocycles. The minimum atomic E-state index is -4.52. The van der Waals surface area contributed by atoms with Gasteiger partial charge in [-0.2, -0.15) is 13.2 Å². The van der Waals surface area contributed by atoms with E-state index in [-0.39, 0.29) is 0 Å². The van der Waals surface area contributed by atoms with Crippen LogP contribution in [-0.4, -0.2) is 28.8 Å². The van der Waals surface area contributed by atoms with E-state index in [2.05, 4.69) is 9.72 Å². The topological polar surface area (TPSA) is 59.4 Å². The maximum Gasteiger partial charge on any atom is 0.422 e. The zero-order chi connectivity index (χ0) is 11.5. The lowest BCUT2D eigenvalue weighted by Crippen LogP contribution is -2.20. The molecule has 0 aromatic carbocycles. The third kappa shape index (κ3) is 3.45. The van der Waals surface area contributed by atoms with Crippen molar-refractivity contribution in [2.45, 2.75) is 6.18 Å². The summed E-state index contributed by atoms with van der Waals surface area (Å²) in [6.45, 7) is -1.57. The summed E-state index contributed by atoms with van der Waals surface area (Å²) in [6, 6.07) is 2.41. The second kappa shape index (κ2) is 4.16. The van der Waals surface area contributed by atoms with Crippen molar-refractivity contribution in [3.05, 3.63) is 23.9 Å². The first-order chi connectivity index (χ1) is 6.90. The predicted octanol–water partition coefficient (Wildman–Crippen LogP) is 1.72. The molecule has 0 unspecified atom stereocenters. The molecule has 0 atom stereocenters. The summed E-state index contributed by atoms with van der Waals surface area (Å²) in [5.74, 6) is -1.93. The van der Waals surface area contributed by atoms with E-state index in [9.17, 15) is 18.0 Å². The molecule has 1 N–H and O–H groups in total. The van der Waals surface area contributed by atoms with Crippen molar-refractivity contribution in [3.8, 4) is 5.88 Å². The molecule has 0 fully saturated rings. The van der Waals surface area contributed by atoms with Crippen LogP contribution >= 0.6 is 0 Å². The zero-order valence-corrected chi connectivity index (χ0v) is 7.28. The molecule has 7 heteroatoms. The number of aromatic carboxylic acids is 1. The Hall–Kier alpha value is -1.79. The Balaban J connectivity index is 2.81. The number of carboxylic acids is 1. The van der Waals surface area contributed by atoms with Crippen molar-refractivity contribution in [2.75, 3.05) is 6.61 Å². The fourth-order valence-corrected chi connectivity index (χ4v) is 0.819. The second-order valence-electron chi connectivity index (χ2n) is 2.57. The molecule has 0 saturated heterocycles. The van der Waals surface area contributed by atoms with E-state index in [0.717, 1.165) is 12.3 Å². The Morgan fingerprint density at radius 2 is 2.20 bits per heavy atom. The molecule has 1 aromatic rings. The summed E-state index contributed by atoms with van der Waals surface area (Å²) in [7, 11) is 0. The highest BCUT2D eigenvalue weighted by molar-refractivity contribution is 5.90. The summed E-state index contributed by atoms with van der Waals surface area (Å²) in [5.41, 5.74) is -0.401. The normalized spacial score (nSPS) is 11.1. The van der Waals surface area contributed by atoms with Gasteiger partial charge in [0.05, 0.1) is 0 Å². The van der Waals surface area contributed by atoms with Gasteiger partial charge in [0.2, 0.25) is 5.88 Å². The maximum atomic E-state index is 11.8. The number of halogens is 3. The van der Waals surface area contributed by atoms with Crippen LogP contribution in [0, 0.1) is 0 Å². The number of carboxylic acid groups (broad SMARTS) is 1. The summed E-state index contributed by atoms with van der Waals surface area (Å²) in [4.78, 5) is 13.9. The average Bonchev–Trinajstić information content (AvgIpc) is 2.14.